The molecule has 0 aliphatic carbocycles. The number of ether oxygens (including phenoxy) is 2. The molecule has 0 aliphatic rings. The molecule has 2 heterocycles. The third-order valence-electron chi connectivity index (χ3n) is 5.20. The minimum Gasteiger partial charge on any atom is -0.497 e. The first kappa shape index (κ1) is 23.4. The second-order valence-corrected chi connectivity index (χ2v) is 8.74. The maximum atomic E-state index is 12.5. The van der Waals surface area contributed by atoms with Crippen LogP contribution in [0, 0.1) is 6.92 Å². The van der Waals surface area contributed by atoms with Crippen LogP contribution in [0.4, 0.5) is 5.95 Å². The van der Waals surface area contributed by atoms with Crippen LogP contribution in [0.25, 0.3) is 0 Å². The Bertz CT molecular complexity index is 1250. The highest BCUT2D eigenvalue weighted by molar-refractivity contribution is 7.98. The molecule has 0 atom stereocenters. The zero-order valence-electron chi connectivity index (χ0n) is 19.1. The van der Waals surface area contributed by atoms with Crippen molar-refractivity contribution in [2.24, 2.45) is 0 Å². The van der Waals surface area contributed by atoms with Crippen molar-refractivity contribution in [2.75, 3.05) is 24.7 Å². The van der Waals surface area contributed by atoms with E-state index in [9.17, 15) is 4.79 Å². The number of nitrogens with one attached hydrogen (secondary N) is 3. The Morgan fingerprint density at radius 3 is 2.35 bits per heavy atom. The molecule has 2 aromatic heterocycles. The van der Waals surface area contributed by atoms with E-state index in [-0.39, 0.29) is 5.56 Å². The fraction of sp³-hybridized carbons (Fsp3) is 0.240. The monoisotopic (exact) mass is 477 g/mol. The van der Waals surface area contributed by atoms with Crippen LogP contribution in [0.2, 0.25) is 0 Å². The molecule has 8 nitrogen and oxygen atoms in total. The van der Waals surface area contributed by atoms with Crippen molar-refractivity contribution in [3.05, 3.63) is 93.9 Å². The summed E-state index contributed by atoms with van der Waals surface area (Å²) in [4.78, 5) is 27.0. The lowest BCUT2D eigenvalue weighted by atomic mass is 10.1. The Kier molecular flexibility index (Phi) is 7.87. The average molecular weight is 478 g/mol. The van der Waals surface area contributed by atoms with Crippen LogP contribution in [0.15, 0.2) is 65.8 Å². The van der Waals surface area contributed by atoms with Gasteiger partial charge < -0.3 is 19.8 Å². The van der Waals surface area contributed by atoms with Crippen LogP contribution >= 0.6 is 11.8 Å². The van der Waals surface area contributed by atoms with Gasteiger partial charge in [-0.05, 0) is 48.9 Å². The van der Waals surface area contributed by atoms with Crippen LogP contribution in [0.5, 0.6) is 17.2 Å². The molecule has 0 fully saturated rings. The third-order valence-corrected chi connectivity index (χ3v) is 6.17. The van der Waals surface area contributed by atoms with Crippen molar-refractivity contribution in [3.8, 4) is 17.2 Å². The van der Waals surface area contributed by atoms with E-state index in [1.807, 2.05) is 55.5 Å². The summed E-state index contributed by atoms with van der Waals surface area (Å²) >= 11 is 1.78. The van der Waals surface area contributed by atoms with Crippen molar-refractivity contribution in [1.82, 2.24) is 19.9 Å². The van der Waals surface area contributed by atoms with E-state index < -0.39 is 0 Å². The van der Waals surface area contributed by atoms with Gasteiger partial charge in [0.2, 0.25) is 5.95 Å². The molecule has 3 N–H and O–H groups in total. The Morgan fingerprint density at radius 1 is 1.00 bits per heavy atom. The lowest BCUT2D eigenvalue weighted by Crippen LogP contribution is -2.18. The highest BCUT2D eigenvalue weighted by Gasteiger charge is 2.06. The van der Waals surface area contributed by atoms with Crippen molar-refractivity contribution >= 4 is 17.7 Å². The van der Waals surface area contributed by atoms with Gasteiger partial charge in [-0.2, -0.15) is 11.8 Å². The number of H-pyrrole nitrogens is 2. The highest BCUT2D eigenvalue weighted by atomic mass is 32.2. The van der Waals surface area contributed by atoms with Gasteiger partial charge >= 0.3 is 0 Å². The molecule has 0 saturated heterocycles. The Morgan fingerprint density at radius 2 is 1.71 bits per heavy atom. The van der Waals surface area contributed by atoms with Crippen LogP contribution < -0.4 is 20.3 Å². The molecule has 2 aromatic carbocycles. The van der Waals surface area contributed by atoms with Crippen LogP contribution in [0.1, 0.15) is 22.5 Å². The Hall–Kier alpha value is -3.72. The molecule has 4 aromatic rings. The number of aryl methyl sites for hydroxylation is 1. The van der Waals surface area contributed by atoms with E-state index >= 15 is 0 Å². The Labute approximate surface area is 202 Å². The summed E-state index contributed by atoms with van der Waals surface area (Å²) < 4.78 is 11.0. The predicted octanol–water partition coefficient (Wildman–Crippen LogP) is 4.54. The Balaban J connectivity index is 1.25. The first-order valence-corrected chi connectivity index (χ1v) is 12.1. The number of methoxy groups -OCH3 is 1. The van der Waals surface area contributed by atoms with Gasteiger partial charge in [0.1, 0.15) is 17.2 Å². The number of anilines is 1. The van der Waals surface area contributed by atoms with E-state index in [4.69, 9.17) is 9.47 Å². The molecule has 0 unspecified atom stereocenters. The first-order valence-electron chi connectivity index (χ1n) is 10.9. The fourth-order valence-corrected chi connectivity index (χ4v) is 4.13. The zero-order valence-corrected chi connectivity index (χ0v) is 19.9. The van der Waals surface area contributed by atoms with Gasteiger partial charge in [0.25, 0.3) is 5.56 Å². The van der Waals surface area contributed by atoms with Crippen molar-refractivity contribution in [3.63, 3.8) is 0 Å². The minimum absolute atomic E-state index is 0.143. The van der Waals surface area contributed by atoms with E-state index in [2.05, 4.69) is 25.3 Å². The second kappa shape index (κ2) is 11.4. The fourth-order valence-electron chi connectivity index (χ4n) is 3.26. The topological polar surface area (TPSA) is 105 Å². The van der Waals surface area contributed by atoms with Gasteiger partial charge in [-0.25, -0.2) is 9.97 Å². The van der Waals surface area contributed by atoms with Gasteiger partial charge in [0, 0.05) is 41.9 Å². The molecule has 0 spiro atoms. The molecule has 9 heteroatoms. The van der Waals surface area contributed by atoms with Crippen molar-refractivity contribution < 1.29 is 9.47 Å². The summed E-state index contributed by atoms with van der Waals surface area (Å²) in [7, 11) is 1.63. The summed E-state index contributed by atoms with van der Waals surface area (Å²) in [6.07, 6.45) is 3.83. The number of imidazole rings is 1. The quantitative estimate of drug-likeness (QED) is 0.272. The standard InChI is InChI=1S/C25H27N5O3S/c1-17-23(29-16-28-17)15-34-12-11-26-25-27-14-19(24(31)30-25)13-18-3-5-21(6-4-18)33-22-9-7-20(32-2)8-10-22/h3-10,14,16H,11-13,15H2,1-2H3,(H,28,29)(H2,26,27,30,31). The number of thioether (sulfide) groups is 1. The molecule has 0 amide bonds. The van der Waals surface area contributed by atoms with Crippen LogP contribution in [-0.4, -0.2) is 39.3 Å². The maximum Gasteiger partial charge on any atom is 0.255 e. The molecular formula is C25H27N5O3S. The molecule has 4 rings (SSSR count). The second-order valence-electron chi connectivity index (χ2n) is 7.64. The van der Waals surface area contributed by atoms with Gasteiger partial charge in [-0.15, -0.1) is 0 Å². The molecule has 0 bridgehead atoms. The highest BCUT2D eigenvalue weighted by Crippen LogP contribution is 2.24. The normalized spacial score (nSPS) is 10.8. The average Bonchev–Trinajstić information content (AvgIpc) is 3.26. The predicted molar refractivity (Wildman–Crippen MR) is 135 cm³/mol. The number of hydrogen-bond donors (Lipinski definition) is 3. The molecule has 34 heavy (non-hydrogen) atoms. The van der Waals surface area contributed by atoms with Crippen LogP contribution in [-0.2, 0) is 12.2 Å². The van der Waals surface area contributed by atoms with Gasteiger partial charge in [-0.1, -0.05) is 12.1 Å². The zero-order chi connectivity index (χ0) is 23.8. The van der Waals surface area contributed by atoms with Crippen molar-refractivity contribution in [1.29, 1.82) is 0 Å². The summed E-state index contributed by atoms with van der Waals surface area (Å²) in [6.45, 7) is 2.72. The summed E-state index contributed by atoms with van der Waals surface area (Å²) in [5, 5.41) is 3.17. The lowest BCUT2D eigenvalue weighted by Gasteiger charge is -2.08. The third kappa shape index (κ3) is 6.41. The van der Waals surface area contributed by atoms with E-state index in [0.29, 0.717) is 24.5 Å². The van der Waals surface area contributed by atoms with E-state index in [0.717, 1.165) is 45.7 Å². The molecule has 0 saturated carbocycles. The summed E-state index contributed by atoms with van der Waals surface area (Å²) in [5.41, 5.74) is 3.64. The van der Waals surface area contributed by atoms with E-state index in [1.54, 1.807) is 31.4 Å². The molecule has 0 radical (unpaired) electrons. The summed E-state index contributed by atoms with van der Waals surface area (Å²) in [5.74, 6) is 4.44. The minimum atomic E-state index is -0.143. The molecule has 0 aliphatic heterocycles. The summed E-state index contributed by atoms with van der Waals surface area (Å²) in [6, 6.07) is 15.1. The largest absolute Gasteiger partial charge is 0.497 e. The number of hydrogen-bond acceptors (Lipinski definition) is 7. The van der Waals surface area contributed by atoms with E-state index in [1.165, 1.54) is 0 Å². The van der Waals surface area contributed by atoms with Crippen molar-refractivity contribution in [2.45, 2.75) is 19.1 Å². The van der Waals surface area contributed by atoms with Gasteiger partial charge in [0.05, 0.1) is 19.1 Å². The molecule has 176 valence electrons. The number of nitrogens with zero attached hydrogens (tertiary/aromatic N) is 2. The SMILES string of the molecule is COc1ccc(Oc2ccc(Cc3cnc(NCCSCc4nc[nH]c4C)[nH]c3=O)cc2)cc1. The smallest absolute Gasteiger partial charge is 0.255 e. The van der Waals surface area contributed by atoms with Crippen LogP contribution in [0.3, 0.4) is 0 Å². The van der Waals surface area contributed by atoms with Gasteiger partial charge in [0.15, 0.2) is 0 Å². The number of aromatic amines is 2. The number of benzene rings is 2. The molecular weight excluding hydrogens is 450 g/mol. The maximum absolute atomic E-state index is 12.5. The number of rotatable bonds is 11. The number of aromatic nitrogens is 4. The lowest BCUT2D eigenvalue weighted by molar-refractivity contribution is 0.413. The van der Waals surface area contributed by atoms with Gasteiger partial charge in [-0.3, -0.25) is 9.78 Å². The first-order chi connectivity index (χ1) is 16.6.